The molecule has 0 fully saturated rings. The van der Waals surface area contributed by atoms with E-state index in [4.69, 9.17) is 9.15 Å². The second-order valence-corrected chi connectivity index (χ2v) is 6.07. The third-order valence-electron chi connectivity index (χ3n) is 3.27. The molecule has 3 nitrogen and oxygen atoms in total. The van der Waals surface area contributed by atoms with Gasteiger partial charge < -0.3 is 14.5 Å². The molecule has 0 radical (unpaired) electrons. The lowest BCUT2D eigenvalue weighted by Gasteiger charge is -2.15. The van der Waals surface area contributed by atoms with Gasteiger partial charge in [-0.15, -0.1) is 0 Å². The van der Waals surface area contributed by atoms with Gasteiger partial charge in [0, 0.05) is 16.6 Å². The van der Waals surface area contributed by atoms with Gasteiger partial charge >= 0.3 is 0 Å². The van der Waals surface area contributed by atoms with Crippen LogP contribution in [0, 0.1) is 6.92 Å². The first kappa shape index (κ1) is 16.1. The molecule has 1 atom stereocenters. The summed E-state index contributed by atoms with van der Waals surface area (Å²) in [5.74, 6) is 2.84. The summed E-state index contributed by atoms with van der Waals surface area (Å²) in [6.45, 7) is 7.64. The maximum absolute atomic E-state index is 5.80. The van der Waals surface area contributed by atoms with Crippen LogP contribution in [-0.2, 0) is 6.54 Å². The molecule has 0 saturated carbocycles. The highest BCUT2D eigenvalue weighted by Gasteiger charge is 2.11. The zero-order valence-electron chi connectivity index (χ0n) is 12.8. The lowest BCUT2D eigenvalue weighted by atomic mass is 10.1. The number of hydrogen-bond donors (Lipinski definition) is 1. The van der Waals surface area contributed by atoms with Crippen molar-refractivity contribution in [3.05, 3.63) is 51.9 Å². The van der Waals surface area contributed by atoms with Crippen LogP contribution in [0.25, 0.3) is 0 Å². The Morgan fingerprint density at radius 2 is 2.10 bits per heavy atom. The summed E-state index contributed by atoms with van der Waals surface area (Å²) in [5.41, 5.74) is 1.15. The Hall–Kier alpha value is -1.26. The van der Waals surface area contributed by atoms with E-state index in [0.29, 0.717) is 0 Å². The van der Waals surface area contributed by atoms with Crippen LogP contribution in [0.5, 0.6) is 5.75 Å². The molecule has 1 heterocycles. The molecule has 4 heteroatoms. The Labute approximate surface area is 134 Å². The first-order chi connectivity index (χ1) is 10.1. The summed E-state index contributed by atoms with van der Waals surface area (Å²) < 4.78 is 12.5. The SMILES string of the molecule is CCCOc1ccc(Br)cc1CNC(C)c1ccc(C)o1. The molecule has 2 aromatic rings. The molecule has 0 spiro atoms. The van der Waals surface area contributed by atoms with Crippen LogP contribution in [-0.4, -0.2) is 6.61 Å². The number of benzene rings is 1. The van der Waals surface area contributed by atoms with Gasteiger partial charge in [0.2, 0.25) is 0 Å². The van der Waals surface area contributed by atoms with Crippen molar-refractivity contribution in [2.75, 3.05) is 6.61 Å². The van der Waals surface area contributed by atoms with E-state index in [1.54, 1.807) is 0 Å². The monoisotopic (exact) mass is 351 g/mol. The molecule has 1 N–H and O–H groups in total. The fraction of sp³-hybridized carbons (Fsp3) is 0.412. The zero-order valence-corrected chi connectivity index (χ0v) is 14.4. The molecule has 2 rings (SSSR count). The number of halogens is 1. The molecular formula is C17H22BrNO2. The van der Waals surface area contributed by atoms with Crippen LogP contribution in [0.3, 0.4) is 0 Å². The van der Waals surface area contributed by atoms with Crippen LogP contribution >= 0.6 is 15.9 Å². The van der Waals surface area contributed by atoms with Crippen molar-refractivity contribution in [1.82, 2.24) is 5.32 Å². The van der Waals surface area contributed by atoms with Gasteiger partial charge in [-0.1, -0.05) is 22.9 Å². The minimum atomic E-state index is 0.164. The van der Waals surface area contributed by atoms with E-state index < -0.39 is 0 Å². The van der Waals surface area contributed by atoms with Crippen LogP contribution in [0.2, 0.25) is 0 Å². The third kappa shape index (κ3) is 4.61. The van der Waals surface area contributed by atoms with Crippen LogP contribution in [0.1, 0.15) is 43.4 Å². The lowest BCUT2D eigenvalue weighted by Crippen LogP contribution is -2.18. The Bertz CT molecular complexity index is 580. The molecule has 0 saturated heterocycles. The van der Waals surface area contributed by atoms with Crippen molar-refractivity contribution < 1.29 is 9.15 Å². The molecule has 21 heavy (non-hydrogen) atoms. The maximum Gasteiger partial charge on any atom is 0.123 e. The van der Waals surface area contributed by atoms with Crippen molar-refractivity contribution in [1.29, 1.82) is 0 Å². The Morgan fingerprint density at radius 1 is 1.29 bits per heavy atom. The number of hydrogen-bond acceptors (Lipinski definition) is 3. The van der Waals surface area contributed by atoms with Gasteiger partial charge in [0.15, 0.2) is 0 Å². The van der Waals surface area contributed by atoms with Gasteiger partial charge in [-0.2, -0.15) is 0 Å². The van der Waals surface area contributed by atoms with Crippen molar-refractivity contribution in [2.24, 2.45) is 0 Å². The van der Waals surface area contributed by atoms with Crippen LogP contribution in [0.4, 0.5) is 0 Å². The summed E-state index contributed by atoms with van der Waals surface area (Å²) in [4.78, 5) is 0. The topological polar surface area (TPSA) is 34.4 Å². The Morgan fingerprint density at radius 3 is 2.76 bits per heavy atom. The Kier molecular flexibility index (Phi) is 5.88. The summed E-state index contributed by atoms with van der Waals surface area (Å²) in [7, 11) is 0. The number of furan rings is 1. The van der Waals surface area contributed by atoms with E-state index in [9.17, 15) is 0 Å². The molecule has 1 unspecified atom stereocenters. The van der Waals surface area contributed by atoms with Crippen molar-refractivity contribution in [3.8, 4) is 5.75 Å². The van der Waals surface area contributed by atoms with Gasteiger partial charge in [0.25, 0.3) is 0 Å². The largest absolute Gasteiger partial charge is 0.493 e. The van der Waals surface area contributed by atoms with Crippen molar-refractivity contribution in [2.45, 2.75) is 39.8 Å². The third-order valence-corrected chi connectivity index (χ3v) is 3.76. The quantitative estimate of drug-likeness (QED) is 0.762. The zero-order chi connectivity index (χ0) is 15.2. The predicted molar refractivity (Wildman–Crippen MR) is 88.6 cm³/mol. The van der Waals surface area contributed by atoms with E-state index in [1.807, 2.05) is 31.2 Å². The number of nitrogens with one attached hydrogen (secondary N) is 1. The Balaban J connectivity index is 2.02. The molecule has 114 valence electrons. The first-order valence-electron chi connectivity index (χ1n) is 7.31. The fourth-order valence-corrected chi connectivity index (χ4v) is 2.50. The summed E-state index contributed by atoms with van der Waals surface area (Å²) >= 11 is 3.52. The van der Waals surface area contributed by atoms with Gasteiger partial charge in [0.1, 0.15) is 17.3 Å². The number of aryl methyl sites for hydroxylation is 1. The van der Waals surface area contributed by atoms with Gasteiger partial charge in [-0.25, -0.2) is 0 Å². The van der Waals surface area contributed by atoms with E-state index in [0.717, 1.165) is 46.9 Å². The molecule has 0 amide bonds. The predicted octanol–water partition coefficient (Wildman–Crippen LogP) is 4.99. The fourth-order valence-electron chi connectivity index (χ4n) is 2.09. The average Bonchev–Trinajstić information content (AvgIpc) is 2.90. The van der Waals surface area contributed by atoms with E-state index in [1.165, 1.54) is 0 Å². The smallest absolute Gasteiger partial charge is 0.123 e. The van der Waals surface area contributed by atoms with Crippen LogP contribution < -0.4 is 10.1 Å². The highest BCUT2D eigenvalue weighted by molar-refractivity contribution is 9.10. The lowest BCUT2D eigenvalue weighted by molar-refractivity contribution is 0.312. The highest BCUT2D eigenvalue weighted by Crippen LogP contribution is 2.24. The molecule has 0 aliphatic heterocycles. The van der Waals surface area contributed by atoms with E-state index >= 15 is 0 Å². The first-order valence-corrected chi connectivity index (χ1v) is 8.10. The number of ether oxygens (including phenoxy) is 1. The van der Waals surface area contributed by atoms with Gasteiger partial charge in [-0.3, -0.25) is 0 Å². The average molecular weight is 352 g/mol. The van der Waals surface area contributed by atoms with Crippen molar-refractivity contribution in [3.63, 3.8) is 0 Å². The second kappa shape index (κ2) is 7.66. The maximum atomic E-state index is 5.80. The minimum Gasteiger partial charge on any atom is -0.493 e. The van der Waals surface area contributed by atoms with Gasteiger partial charge in [0.05, 0.1) is 12.6 Å². The van der Waals surface area contributed by atoms with Crippen LogP contribution in [0.15, 0.2) is 39.2 Å². The van der Waals surface area contributed by atoms with Crippen molar-refractivity contribution >= 4 is 15.9 Å². The van der Waals surface area contributed by atoms with E-state index in [-0.39, 0.29) is 6.04 Å². The molecule has 0 aliphatic carbocycles. The molecule has 1 aromatic heterocycles. The summed E-state index contributed by atoms with van der Waals surface area (Å²) in [6.07, 6.45) is 1.00. The van der Waals surface area contributed by atoms with E-state index in [2.05, 4.69) is 41.2 Å². The molecule has 1 aromatic carbocycles. The summed E-state index contributed by atoms with van der Waals surface area (Å²) in [5, 5.41) is 3.48. The second-order valence-electron chi connectivity index (χ2n) is 5.15. The molecule has 0 aliphatic rings. The number of rotatable bonds is 7. The molecule has 0 bridgehead atoms. The highest BCUT2D eigenvalue weighted by atomic mass is 79.9. The standard InChI is InChI=1S/C17H22BrNO2/c1-4-9-20-17-8-6-15(18)10-14(17)11-19-13(3)16-7-5-12(2)21-16/h5-8,10,13,19H,4,9,11H2,1-3H3. The summed E-state index contributed by atoms with van der Waals surface area (Å²) in [6, 6.07) is 10.3. The van der Waals surface area contributed by atoms with Gasteiger partial charge in [-0.05, 0) is 50.6 Å². The minimum absolute atomic E-state index is 0.164. The molecular weight excluding hydrogens is 330 g/mol. The normalized spacial score (nSPS) is 12.4.